The van der Waals surface area contributed by atoms with E-state index >= 15 is 0 Å². The van der Waals surface area contributed by atoms with Gasteiger partial charge in [0.25, 0.3) is 0 Å². The van der Waals surface area contributed by atoms with E-state index in [1.54, 1.807) is 0 Å². The summed E-state index contributed by atoms with van der Waals surface area (Å²) in [6.07, 6.45) is 0. The van der Waals surface area contributed by atoms with Gasteiger partial charge in [-0.2, -0.15) is 0 Å². The minimum atomic E-state index is 0.899. The number of rotatable bonds is 8. The Kier molecular flexibility index (Phi) is 9.20. The maximum Gasteiger partial charge on any atom is 0.143 e. The molecule has 1 heterocycles. The first-order valence-electron chi connectivity index (χ1n) is 21.9. The lowest BCUT2D eigenvalue weighted by Gasteiger charge is -2.29. The van der Waals surface area contributed by atoms with Crippen LogP contribution in [-0.2, 0) is 0 Å². The summed E-state index contributed by atoms with van der Waals surface area (Å²) in [6.45, 7) is 0. The molecule has 0 saturated carbocycles. The molecule has 2 heteroatoms. The van der Waals surface area contributed by atoms with Gasteiger partial charge in [0.05, 0.1) is 5.69 Å². The number of para-hydroxylation sites is 2. The summed E-state index contributed by atoms with van der Waals surface area (Å²) in [5, 5.41) is 7.21. The molecule has 0 atom stereocenters. The van der Waals surface area contributed by atoms with Crippen LogP contribution in [0.4, 0.5) is 17.1 Å². The van der Waals surface area contributed by atoms with Crippen LogP contribution in [-0.4, -0.2) is 0 Å². The van der Waals surface area contributed by atoms with E-state index in [4.69, 9.17) is 4.42 Å². The van der Waals surface area contributed by atoms with Gasteiger partial charge in [-0.05, 0) is 115 Å². The van der Waals surface area contributed by atoms with Crippen LogP contribution >= 0.6 is 0 Å². The lowest BCUT2D eigenvalue weighted by atomic mass is 9.94. The first kappa shape index (κ1) is 37.3. The molecule has 0 amide bonds. The third kappa shape index (κ3) is 6.70. The largest absolute Gasteiger partial charge is 0.455 e. The zero-order valence-corrected chi connectivity index (χ0v) is 35.0. The zero-order chi connectivity index (χ0) is 42.4. The Morgan fingerprint density at radius 1 is 0.266 bits per heavy atom. The summed E-state index contributed by atoms with van der Waals surface area (Å²) in [4.78, 5) is 2.41. The van der Waals surface area contributed by atoms with Gasteiger partial charge in [0.2, 0.25) is 0 Å². The number of nitrogens with zero attached hydrogens (tertiary/aromatic N) is 1. The maximum atomic E-state index is 6.49. The molecule has 12 rings (SSSR count). The minimum absolute atomic E-state index is 0.899. The highest BCUT2D eigenvalue weighted by atomic mass is 16.3. The van der Waals surface area contributed by atoms with Crippen LogP contribution in [0, 0.1) is 0 Å². The Bertz CT molecular complexity index is 3650. The second-order valence-electron chi connectivity index (χ2n) is 16.5. The SMILES string of the molecule is c1ccc(-c2ccc(-c3ccc4ccccc4c3)cc2N(c2ccc(-c3cccc(-c4cccc5ccccc45)c3)cc2)c2ccc(-c3cccc4c3oc3ccccc34)cc2)cc1. The van der Waals surface area contributed by atoms with Crippen LogP contribution in [0.3, 0.4) is 0 Å². The van der Waals surface area contributed by atoms with E-state index in [1.807, 2.05) is 12.1 Å². The van der Waals surface area contributed by atoms with Gasteiger partial charge in [0.1, 0.15) is 11.2 Å². The Morgan fingerprint density at radius 3 is 1.62 bits per heavy atom. The average Bonchev–Trinajstić information content (AvgIpc) is 3.76. The van der Waals surface area contributed by atoms with Gasteiger partial charge in [-0.1, -0.05) is 200 Å². The van der Waals surface area contributed by atoms with Crippen molar-refractivity contribution in [3.8, 4) is 55.6 Å². The summed E-state index contributed by atoms with van der Waals surface area (Å²) in [5.74, 6) is 0. The monoisotopic (exact) mass is 815 g/mol. The topological polar surface area (TPSA) is 16.4 Å². The number of fused-ring (bicyclic) bond motifs is 5. The Labute approximate surface area is 372 Å². The molecule has 2 nitrogen and oxygen atoms in total. The van der Waals surface area contributed by atoms with Crippen molar-refractivity contribution in [1.82, 2.24) is 0 Å². The molecule has 0 unspecified atom stereocenters. The Balaban J connectivity index is 1.00. The smallest absolute Gasteiger partial charge is 0.143 e. The van der Waals surface area contributed by atoms with E-state index < -0.39 is 0 Å². The highest BCUT2D eigenvalue weighted by Gasteiger charge is 2.20. The maximum absolute atomic E-state index is 6.49. The normalized spacial score (nSPS) is 11.4. The number of anilines is 3. The van der Waals surface area contributed by atoms with E-state index in [9.17, 15) is 0 Å². The zero-order valence-electron chi connectivity index (χ0n) is 35.0. The summed E-state index contributed by atoms with van der Waals surface area (Å²) in [7, 11) is 0. The highest BCUT2D eigenvalue weighted by Crippen LogP contribution is 2.45. The van der Waals surface area contributed by atoms with E-state index in [1.165, 1.54) is 43.8 Å². The first-order valence-corrected chi connectivity index (χ1v) is 21.9. The van der Waals surface area contributed by atoms with E-state index in [0.29, 0.717) is 0 Å². The van der Waals surface area contributed by atoms with Gasteiger partial charge in [0.15, 0.2) is 0 Å². The minimum Gasteiger partial charge on any atom is -0.455 e. The molecule has 0 spiro atoms. The number of hydrogen-bond acceptors (Lipinski definition) is 2. The molecule has 0 fully saturated rings. The lowest BCUT2D eigenvalue weighted by molar-refractivity contribution is 0.670. The molecule has 64 heavy (non-hydrogen) atoms. The molecular weight excluding hydrogens is 775 g/mol. The van der Waals surface area contributed by atoms with Crippen molar-refractivity contribution < 1.29 is 4.42 Å². The van der Waals surface area contributed by atoms with E-state index in [2.05, 4.69) is 241 Å². The quantitative estimate of drug-likeness (QED) is 0.152. The molecule has 0 aliphatic carbocycles. The molecular formula is C62H41NO. The van der Waals surface area contributed by atoms with Gasteiger partial charge in [0, 0.05) is 33.3 Å². The van der Waals surface area contributed by atoms with Crippen LogP contribution < -0.4 is 4.90 Å². The third-order valence-electron chi connectivity index (χ3n) is 12.7. The van der Waals surface area contributed by atoms with Gasteiger partial charge >= 0.3 is 0 Å². The lowest BCUT2D eigenvalue weighted by Crippen LogP contribution is -2.11. The van der Waals surface area contributed by atoms with Crippen LogP contribution in [0.2, 0.25) is 0 Å². The summed E-state index contributed by atoms with van der Waals surface area (Å²) >= 11 is 0. The Hall–Kier alpha value is -8.46. The van der Waals surface area contributed by atoms with Crippen molar-refractivity contribution in [2.75, 3.05) is 4.90 Å². The molecule has 11 aromatic carbocycles. The fourth-order valence-electron chi connectivity index (χ4n) is 9.47. The standard InChI is InChI=1S/C62H41NO/c1-2-14-45(15-3-1)56-38-33-50(49-28-27-42-13-4-5-17-47(42)39-49)41-60(56)63(53-36-31-46(32-37-53)57-24-12-25-59-58-22-8-9-26-61(58)64-62(57)59)52-34-29-43(30-35-52)48-19-10-20-51(40-48)55-23-11-18-44-16-6-7-21-54(44)55/h1-41H. The molecule has 0 radical (unpaired) electrons. The molecule has 0 saturated heterocycles. The van der Waals surface area contributed by atoms with Crippen molar-refractivity contribution in [3.63, 3.8) is 0 Å². The van der Waals surface area contributed by atoms with E-state index in [-0.39, 0.29) is 0 Å². The predicted octanol–water partition coefficient (Wildman–Crippen LogP) is 17.7. The van der Waals surface area contributed by atoms with Crippen molar-refractivity contribution in [2.24, 2.45) is 0 Å². The van der Waals surface area contributed by atoms with Crippen molar-refractivity contribution in [2.45, 2.75) is 0 Å². The van der Waals surface area contributed by atoms with Crippen LogP contribution in [0.15, 0.2) is 253 Å². The van der Waals surface area contributed by atoms with Crippen molar-refractivity contribution in [3.05, 3.63) is 249 Å². The molecule has 300 valence electrons. The average molecular weight is 816 g/mol. The second-order valence-corrected chi connectivity index (χ2v) is 16.5. The van der Waals surface area contributed by atoms with Gasteiger partial charge in [-0.15, -0.1) is 0 Å². The molecule has 12 aromatic rings. The fourth-order valence-corrected chi connectivity index (χ4v) is 9.47. The van der Waals surface area contributed by atoms with Crippen molar-refractivity contribution >= 4 is 60.5 Å². The molecule has 0 aliphatic heterocycles. The van der Waals surface area contributed by atoms with Crippen LogP contribution in [0.5, 0.6) is 0 Å². The third-order valence-corrected chi connectivity index (χ3v) is 12.7. The molecule has 0 bridgehead atoms. The van der Waals surface area contributed by atoms with Gasteiger partial charge in [-0.25, -0.2) is 0 Å². The highest BCUT2D eigenvalue weighted by molar-refractivity contribution is 6.09. The van der Waals surface area contributed by atoms with E-state index in [0.717, 1.165) is 72.4 Å². The fraction of sp³-hybridized carbons (Fsp3) is 0. The summed E-state index contributed by atoms with van der Waals surface area (Å²) in [6, 6.07) is 89.8. The van der Waals surface area contributed by atoms with Crippen molar-refractivity contribution in [1.29, 1.82) is 0 Å². The number of furan rings is 1. The van der Waals surface area contributed by atoms with Crippen LogP contribution in [0.25, 0.3) is 99.1 Å². The predicted molar refractivity (Wildman–Crippen MR) is 271 cm³/mol. The molecule has 0 aliphatic rings. The van der Waals surface area contributed by atoms with Gasteiger partial charge < -0.3 is 9.32 Å². The number of benzene rings is 11. The summed E-state index contributed by atoms with van der Waals surface area (Å²) < 4.78 is 6.49. The second kappa shape index (κ2) is 15.8. The molecule has 0 N–H and O–H groups in total. The van der Waals surface area contributed by atoms with Gasteiger partial charge in [-0.3, -0.25) is 0 Å². The Morgan fingerprint density at radius 2 is 0.797 bits per heavy atom. The number of hydrogen-bond donors (Lipinski definition) is 0. The van der Waals surface area contributed by atoms with Crippen LogP contribution in [0.1, 0.15) is 0 Å². The summed E-state index contributed by atoms with van der Waals surface area (Å²) in [5.41, 5.74) is 16.6. The first-order chi connectivity index (χ1) is 31.7. The molecule has 1 aromatic heterocycles.